The molecule has 18 heavy (non-hydrogen) atoms. The highest BCUT2D eigenvalue weighted by atomic mass is 16.4. The van der Waals surface area contributed by atoms with Crippen LogP contribution in [0.2, 0.25) is 0 Å². The van der Waals surface area contributed by atoms with Gasteiger partial charge in [0.1, 0.15) is 0 Å². The van der Waals surface area contributed by atoms with Crippen LogP contribution >= 0.6 is 0 Å². The number of carboxylic acids is 1. The van der Waals surface area contributed by atoms with Crippen LogP contribution in [0.1, 0.15) is 40.0 Å². The van der Waals surface area contributed by atoms with Crippen LogP contribution in [-0.2, 0) is 9.59 Å². The smallest absolute Gasteiger partial charge is 0.303 e. The highest BCUT2D eigenvalue weighted by Crippen LogP contribution is 2.27. The molecule has 2 N–H and O–H groups in total. The Morgan fingerprint density at radius 1 is 1.33 bits per heavy atom. The van der Waals surface area contributed by atoms with Crippen molar-refractivity contribution in [2.45, 2.75) is 46.1 Å². The lowest BCUT2D eigenvalue weighted by atomic mass is 9.84. The first kappa shape index (κ1) is 15.0. The summed E-state index contributed by atoms with van der Waals surface area (Å²) in [5.74, 6) is -0.728. The fraction of sp³-hybridized carbons (Fsp3) is 0.846. The zero-order valence-corrected chi connectivity index (χ0v) is 11.3. The third-order valence-corrected chi connectivity index (χ3v) is 3.53. The van der Waals surface area contributed by atoms with E-state index in [9.17, 15) is 14.7 Å². The highest BCUT2D eigenvalue weighted by Gasteiger charge is 2.31. The van der Waals surface area contributed by atoms with Gasteiger partial charge in [0.05, 0.1) is 12.5 Å². The highest BCUT2D eigenvalue weighted by molar-refractivity contribution is 5.78. The minimum Gasteiger partial charge on any atom is -0.481 e. The van der Waals surface area contributed by atoms with Gasteiger partial charge >= 0.3 is 5.97 Å². The fourth-order valence-corrected chi connectivity index (χ4v) is 2.27. The Balaban J connectivity index is 2.53. The van der Waals surface area contributed by atoms with E-state index >= 15 is 0 Å². The fourth-order valence-electron chi connectivity index (χ4n) is 2.27. The number of hydrogen-bond donors (Lipinski definition) is 2. The number of carbonyl (C=O) groups is 2. The molecule has 0 aromatic heterocycles. The molecule has 0 aromatic carbocycles. The van der Waals surface area contributed by atoms with Crippen molar-refractivity contribution in [1.82, 2.24) is 4.90 Å². The monoisotopic (exact) mass is 257 g/mol. The van der Waals surface area contributed by atoms with Crippen molar-refractivity contribution in [3.05, 3.63) is 0 Å². The third-order valence-electron chi connectivity index (χ3n) is 3.53. The maximum Gasteiger partial charge on any atom is 0.303 e. The maximum absolute atomic E-state index is 12.1. The molecule has 0 aliphatic carbocycles. The Morgan fingerprint density at radius 3 is 2.44 bits per heavy atom. The molecule has 1 rings (SSSR count). The Kier molecular flexibility index (Phi) is 4.73. The number of rotatable bonds is 4. The number of aliphatic carboxylic acids is 1. The topological polar surface area (TPSA) is 77.8 Å². The van der Waals surface area contributed by atoms with Gasteiger partial charge in [-0.15, -0.1) is 0 Å². The summed E-state index contributed by atoms with van der Waals surface area (Å²) in [4.78, 5) is 24.4. The maximum atomic E-state index is 12.1. The largest absolute Gasteiger partial charge is 0.481 e. The second-order valence-electron chi connectivity index (χ2n) is 6.08. The molecule has 1 heterocycles. The number of hydrogen-bond acceptors (Lipinski definition) is 3. The van der Waals surface area contributed by atoms with E-state index in [1.165, 1.54) is 0 Å². The molecule has 5 nitrogen and oxygen atoms in total. The molecule has 5 heteroatoms. The lowest BCUT2D eigenvalue weighted by Gasteiger charge is -2.36. The number of carboxylic acid groups (broad SMARTS) is 1. The number of amides is 1. The number of nitrogens with zero attached hydrogens (tertiary/aromatic N) is 1. The van der Waals surface area contributed by atoms with E-state index in [4.69, 9.17) is 5.11 Å². The zero-order valence-electron chi connectivity index (χ0n) is 11.3. The molecule has 0 bridgehead atoms. The molecule has 1 saturated heterocycles. The van der Waals surface area contributed by atoms with Crippen molar-refractivity contribution in [1.29, 1.82) is 0 Å². The molecule has 0 spiro atoms. The van der Waals surface area contributed by atoms with Crippen molar-refractivity contribution in [2.24, 2.45) is 11.3 Å². The van der Waals surface area contributed by atoms with Crippen LogP contribution < -0.4 is 0 Å². The summed E-state index contributed by atoms with van der Waals surface area (Å²) in [7, 11) is 0. The van der Waals surface area contributed by atoms with E-state index in [0.29, 0.717) is 13.1 Å². The molecule has 0 saturated carbocycles. The number of likely N-dealkylation sites (tertiary alicyclic amines) is 1. The van der Waals surface area contributed by atoms with E-state index in [2.05, 4.69) is 0 Å². The molecule has 104 valence electrons. The van der Waals surface area contributed by atoms with Crippen molar-refractivity contribution >= 4 is 11.9 Å². The predicted molar refractivity (Wildman–Crippen MR) is 67.0 cm³/mol. The lowest BCUT2D eigenvalue weighted by molar-refractivity contribution is -0.142. The second-order valence-corrected chi connectivity index (χ2v) is 6.08. The summed E-state index contributed by atoms with van der Waals surface area (Å²) >= 11 is 0. The van der Waals surface area contributed by atoms with Gasteiger partial charge in [-0.3, -0.25) is 9.59 Å². The van der Waals surface area contributed by atoms with Gasteiger partial charge in [0.2, 0.25) is 5.91 Å². The first-order valence-electron chi connectivity index (χ1n) is 6.39. The Labute approximate surface area is 108 Å². The van der Waals surface area contributed by atoms with E-state index in [-0.39, 0.29) is 24.7 Å². The van der Waals surface area contributed by atoms with Gasteiger partial charge in [-0.05, 0) is 17.8 Å². The van der Waals surface area contributed by atoms with Crippen molar-refractivity contribution in [2.75, 3.05) is 13.1 Å². The van der Waals surface area contributed by atoms with Crippen LogP contribution in [0.5, 0.6) is 0 Å². The van der Waals surface area contributed by atoms with Gasteiger partial charge in [0, 0.05) is 19.5 Å². The summed E-state index contributed by atoms with van der Waals surface area (Å²) in [5, 5.41) is 18.5. The van der Waals surface area contributed by atoms with Crippen molar-refractivity contribution in [3.8, 4) is 0 Å². The minimum atomic E-state index is -0.889. The normalized spacial score (nSPS) is 25.0. The van der Waals surface area contributed by atoms with Gasteiger partial charge in [0.15, 0.2) is 0 Å². The standard InChI is InChI=1S/C13H23NO4/c1-9-4-5-14(8-10(9)15)11(16)6-13(2,3)7-12(17)18/h9-10,15H,4-8H2,1-3H3,(H,17,18). The first-order chi connectivity index (χ1) is 8.21. The molecular formula is C13H23NO4. The average Bonchev–Trinajstić information content (AvgIpc) is 2.19. The van der Waals surface area contributed by atoms with Crippen molar-refractivity contribution < 1.29 is 19.8 Å². The molecule has 1 fully saturated rings. The van der Waals surface area contributed by atoms with Crippen LogP contribution in [0.25, 0.3) is 0 Å². The molecule has 0 aromatic rings. The van der Waals surface area contributed by atoms with Gasteiger partial charge < -0.3 is 15.1 Å². The van der Waals surface area contributed by atoms with Crippen molar-refractivity contribution in [3.63, 3.8) is 0 Å². The van der Waals surface area contributed by atoms with Crippen LogP contribution in [-0.4, -0.2) is 46.2 Å². The van der Waals surface area contributed by atoms with Crippen LogP contribution in [0, 0.1) is 11.3 Å². The van der Waals surface area contributed by atoms with Gasteiger partial charge in [-0.1, -0.05) is 20.8 Å². The van der Waals surface area contributed by atoms with E-state index in [1.807, 2.05) is 6.92 Å². The molecule has 0 radical (unpaired) electrons. The van der Waals surface area contributed by atoms with Crippen LogP contribution in [0.3, 0.4) is 0 Å². The lowest BCUT2D eigenvalue weighted by Crippen LogP contribution is -2.46. The first-order valence-corrected chi connectivity index (χ1v) is 6.39. The molecule has 1 aliphatic heterocycles. The second kappa shape index (κ2) is 5.69. The summed E-state index contributed by atoms with van der Waals surface area (Å²) in [6, 6.07) is 0. The summed E-state index contributed by atoms with van der Waals surface area (Å²) in [5.41, 5.74) is -0.545. The minimum absolute atomic E-state index is 0.0223. The Morgan fingerprint density at radius 2 is 1.94 bits per heavy atom. The molecule has 2 atom stereocenters. The van der Waals surface area contributed by atoms with E-state index in [1.54, 1.807) is 18.7 Å². The SMILES string of the molecule is CC1CCN(C(=O)CC(C)(C)CC(=O)O)CC1O. The number of carbonyl (C=O) groups excluding carboxylic acids is 1. The third kappa shape index (κ3) is 4.29. The molecule has 1 aliphatic rings. The van der Waals surface area contributed by atoms with Crippen LogP contribution in [0.4, 0.5) is 0 Å². The summed E-state index contributed by atoms with van der Waals surface area (Å²) in [6.45, 7) is 6.55. The van der Waals surface area contributed by atoms with E-state index < -0.39 is 17.5 Å². The number of β-amino-alcohol motifs (C(OH)–C–C–N with tert-alkyl or cyclic N) is 1. The number of aliphatic hydroxyl groups excluding tert-OH is 1. The average molecular weight is 257 g/mol. The summed E-state index contributed by atoms with van der Waals surface area (Å²) in [6.07, 6.45) is 0.517. The molecular weight excluding hydrogens is 234 g/mol. The number of piperidine rings is 1. The number of aliphatic hydroxyl groups is 1. The van der Waals surface area contributed by atoms with Crippen LogP contribution in [0.15, 0.2) is 0 Å². The molecule has 2 unspecified atom stereocenters. The van der Waals surface area contributed by atoms with Gasteiger partial charge in [0.25, 0.3) is 0 Å². The Bertz CT molecular complexity index is 327. The van der Waals surface area contributed by atoms with E-state index in [0.717, 1.165) is 6.42 Å². The van der Waals surface area contributed by atoms with Gasteiger partial charge in [-0.25, -0.2) is 0 Å². The molecule has 1 amide bonds. The zero-order chi connectivity index (χ0) is 13.9. The predicted octanol–water partition coefficient (Wildman–Crippen LogP) is 1.11. The summed E-state index contributed by atoms with van der Waals surface area (Å²) < 4.78 is 0. The Hall–Kier alpha value is -1.10. The van der Waals surface area contributed by atoms with Gasteiger partial charge in [-0.2, -0.15) is 0 Å². The quantitative estimate of drug-likeness (QED) is 0.790.